The highest BCUT2D eigenvalue weighted by Crippen LogP contribution is 2.38. The molecule has 1 aliphatic heterocycles. The maximum absolute atomic E-state index is 12.7. The van der Waals surface area contributed by atoms with Gasteiger partial charge in [0.15, 0.2) is 0 Å². The lowest BCUT2D eigenvalue weighted by Gasteiger charge is -2.13. The molecule has 0 saturated carbocycles. The number of anilines is 1. The number of nitrogens with two attached hydrogens (primary N) is 1. The van der Waals surface area contributed by atoms with Gasteiger partial charge in [-0.25, -0.2) is 9.78 Å². The number of pyridine rings is 1. The summed E-state index contributed by atoms with van der Waals surface area (Å²) in [4.78, 5) is 20.0. The molecular weight excluding hydrogens is 411 g/mol. The number of aromatic hydroxyl groups is 1. The van der Waals surface area contributed by atoms with E-state index in [4.69, 9.17) is 5.73 Å². The van der Waals surface area contributed by atoms with E-state index in [1.807, 2.05) is 0 Å². The first-order valence-corrected chi connectivity index (χ1v) is 8.96. The number of likely N-dealkylation sites (N-methyl/N-ethyl adjacent to an activating group) is 1. The third-order valence-electron chi connectivity index (χ3n) is 4.19. The van der Waals surface area contributed by atoms with Crippen LogP contribution in [0.25, 0.3) is 11.3 Å². The maximum atomic E-state index is 12.7. The van der Waals surface area contributed by atoms with Crippen LogP contribution in [-0.2, 0) is 6.18 Å². The van der Waals surface area contributed by atoms with Gasteiger partial charge in [-0.1, -0.05) is 0 Å². The second-order valence-electron chi connectivity index (χ2n) is 6.40. The molecule has 2 aromatic rings. The Bertz CT molecular complexity index is 948. The van der Waals surface area contributed by atoms with Crippen LogP contribution in [0.2, 0.25) is 0 Å². The standard InChI is InChI=1S/C15H14F3N3O.C4H8N2O.C2H2/c1-8-5-10(15(16,17)18)6-12(22)13(8)11-4-3-9(7-20-2)14(19)21-11;1-6-3-2-5-4(6)7;1-2/h3-7,22H,1-2H3,(H2,19,21);2-3H2,1H3,(H,5,7);1-2H. The number of nitrogen functional groups attached to an aromatic ring is 1. The summed E-state index contributed by atoms with van der Waals surface area (Å²) >= 11 is 0. The van der Waals surface area contributed by atoms with Crippen molar-refractivity contribution in [1.29, 1.82) is 0 Å². The molecule has 1 fully saturated rings. The van der Waals surface area contributed by atoms with Crippen molar-refractivity contribution in [3.63, 3.8) is 0 Å². The normalized spacial score (nSPS) is 13.2. The number of aromatic nitrogens is 1. The molecule has 7 nitrogen and oxygen atoms in total. The number of alkyl halides is 3. The number of carbonyl (C=O) groups excluding carboxylic acids is 1. The minimum absolute atomic E-state index is 0.0417. The van der Waals surface area contributed by atoms with Crippen molar-refractivity contribution in [2.75, 3.05) is 32.9 Å². The van der Waals surface area contributed by atoms with Crippen molar-refractivity contribution < 1.29 is 23.1 Å². The first kappa shape index (κ1) is 25.3. The number of hydrogen-bond acceptors (Lipinski definition) is 5. The number of aliphatic imine (C=N–C) groups is 1. The molecule has 0 unspecified atom stereocenters. The zero-order valence-corrected chi connectivity index (χ0v) is 17.4. The first-order valence-electron chi connectivity index (χ1n) is 8.96. The molecule has 0 spiro atoms. The minimum atomic E-state index is -4.52. The van der Waals surface area contributed by atoms with Crippen LogP contribution in [-0.4, -0.2) is 54.4 Å². The van der Waals surface area contributed by atoms with E-state index in [9.17, 15) is 23.1 Å². The third-order valence-corrected chi connectivity index (χ3v) is 4.19. The number of hydrogen-bond donors (Lipinski definition) is 3. The van der Waals surface area contributed by atoms with E-state index in [2.05, 4.69) is 28.1 Å². The number of phenolic OH excluding ortho intramolecular Hbond substituents is 1. The summed E-state index contributed by atoms with van der Waals surface area (Å²) < 4.78 is 38.2. The first-order chi connectivity index (χ1) is 14.5. The van der Waals surface area contributed by atoms with Crippen LogP contribution in [0, 0.1) is 19.8 Å². The second kappa shape index (κ2) is 10.9. The molecular formula is C21H24F3N5O2. The predicted molar refractivity (Wildman–Crippen MR) is 115 cm³/mol. The van der Waals surface area contributed by atoms with E-state index in [0.717, 1.165) is 19.2 Å². The summed E-state index contributed by atoms with van der Waals surface area (Å²) in [5, 5.41) is 12.6. The van der Waals surface area contributed by atoms with Gasteiger partial charge >= 0.3 is 12.2 Å². The highest BCUT2D eigenvalue weighted by atomic mass is 19.4. The Morgan fingerprint density at radius 2 is 1.97 bits per heavy atom. The fourth-order valence-electron chi connectivity index (χ4n) is 2.71. The number of nitrogens with zero attached hydrogens (tertiary/aromatic N) is 3. The van der Waals surface area contributed by atoms with Gasteiger partial charge in [-0.15, -0.1) is 12.8 Å². The van der Waals surface area contributed by atoms with Crippen LogP contribution in [0.5, 0.6) is 5.75 Å². The Balaban J connectivity index is 0.000000447. The molecule has 0 bridgehead atoms. The molecule has 1 aliphatic rings. The quantitative estimate of drug-likeness (QED) is 0.497. The van der Waals surface area contributed by atoms with Gasteiger partial charge < -0.3 is 21.1 Å². The smallest absolute Gasteiger partial charge is 0.416 e. The van der Waals surface area contributed by atoms with E-state index in [1.165, 1.54) is 13.1 Å². The fourth-order valence-corrected chi connectivity index (χ4v) is 2.71. The lowest BCUT2D eigenvalue weighted by molar-refractivity contribution is -0.137. The van der Waals surface area contributed by atoms with Crippen LogP contribution >= 0.6 is 0 Å². The van der Waals surface area contributed by atoms with Crippen molar-refractivity contribution in [2.24, 2.45) is 4.99 Å². The molecule has 0 aliphatic carbocycles. The topological polar surface area (TPSA) is 104 Å². The fraction of sp³-hybridized carbons (Fsp3) is 0.286. The number of phenols is 1. The number of terminal acetylenes is 1. The molecule has 2 amide bonds. The average Bonchev–Trinajstić information content (AvgIpc) is 3.07. The zero-order valence-electron chi connectivity index (χ0n) is 17.4. The van der Waals surface area contributed by atoms with Gasteiger partial charge in [0.25, 0.3) is 0 Å². The third kappa shape index (κ3) is 6.64. The molecule has 1 aromatic heterocycles. The zero-order chi connectivity index (χ0) is 23.8. The van der Waals surface area contributed by atoms with E-state index >= 15 is 0 Å². The Morgan fingerprint density at radius 1 is 1.32 bits per heavy atom. The summed E-state index contributed by atoms with van der Waals surface area (Å²) in [5.41, 5.74) is 6.25. The lowest BCUT2D eigenvalue weighted by Crippen LogP contribution is -2.23. The molecule has 3 rings (SSSR count). The number of nitrogens with one attached hydrogen (secondary N) is 1. The van der Waals surface area contributed by atoms with Gasteiger partial charge in [0.05, 0.1) is 11.3 Å². The number of urea groups is 1. The molecule has 1 aromatic carbocycles. The Labute approximate surface area is 178 Å². The number of aryl methyl sites for hydroxylation is 1. The summed E-state index contributed by atoms with van der Waals surface area (Å²) in [5.74, 6) is -0.307. The molecule has 166 valence electrons. The van der Waals surface area contributed by atoms with Gasteiger partial charge in [-0.2, -0.15) is 13.2 Å². The molecule has 1 saturated heterocycles. The van der Waals surface area contributed by atoms with Crippen LogP contribution in [0.1, 0.15) is 16.7 Å². The molecule has 10 heteroatoms. The van der Waals surface area contributed by atoms with E-state index < -0.39 is 17.5 Å². The second-order valence-corrected chi connectivity index (χ2v) is 6.40. The number of carbonyl (C=O) groups is 1. The van der Waals surface area contributed by atoms with Crippen molar-refractivity contribution in [3.05, 3.63) is 41.0 Å². The van der Waals surface area contributed by atoms with Gasteiger partial charge in [0.1, 0.15) is 11.6 Å². The SMILES string of the molecule is C#C.CN1CCNC1=O.CN=Cc1ccc(-c2c(C)cc(C(F)(F)F)cc2O)nc1N. The highest BCUT2D eigenvalue weighted by molar-refractivity contribution is 5.87. The predicted octanol–water partition coefficient (Wildman–Crippen LogP) is 3.30. The average molecular weight is 435 g/mol. The summed E-state index contributed by atoms with van der Waals surface area (Å²) in [6.07, 6.45) is 5.00. The largest absolute Gasteiger partial charge is 0.507 e. The van der Waals surface area contributed by atoms with Gasteiger partial charge in [-0.3, -0.25) is 4.99 Å². The van der Waals surface area contributed by atoms with Crippen LogP contribution in [0.3, 0.4) is 0 Å². The maximum Gasteiger partial charge on any atom is 0.416 e. The van der Waals surface area contributed by atoms with Crippen molar-refractivity contribution in [1.82, 2.24) is 15.2 Å². The van der Waals surface area contributed by atoms with E-state index in [-0.39, 0.29) is 23.0 Å². The highest BCUT2D eigenvalue weighted by Gasteiger charge is 2.32. The van der Waals surface area contributed by atoms with Crippen LogP contribution < -0.4 is 11.1 Å². The summed E-state index contributed by atoms with van der Waals surface area (Å²) in [6, 6.07) is 4.90. The molecule has 4 N–H and O–H groups in total. The van der Waals surface area contributed by atoms with Gasteiger partial charge in [0.2, 0.25) is 0 Å². The number of halogens is 3. The summed E-state index contributed by atoms with van der Waals surface area (Å²) in [7, 11) is 3.36. The van der Waals surface area contributed by atoms with Crippen molar-refractivity contribution in [2.45, 2.75) is 13.1 Å². The molecule has 0 atom stereocenters. The van der Waals surface area contributed by atoms with E-state index in [1.54, 1.807) is 31.1 Å². The lowest BCUT2D eigenvalue weighted by atomic mass is 10.00. The van der Waals surface area contributed by atoms with Crippen LogP contribution in [0.4, 0.5) is 23.8 Å². The summed E-state index contributed by atoms with van der Waals surface area (Å²) in [6.45, 7) is 3.12. The molecule has 2 heterocycles. The van der Waals surface area contributed by atoms with E-state index in [0.29, 0.717) is 17.3 Å². The monoisotopic (exact) mass is 435 g/mol. The Hall–Kier alpha value is -3.74. The van der Waals surface area contributed by atoms with Crippen molar-refractivity contribution >= 4 is 18.1 Å². The number of benzene rings is 1. The Kier molecular flexibility index (Phi) is 8.87. The number of rotatable bonds is 2. The van der Waals surface area contributed by atoms with Gasteiger partial charge in [0, 0.05) is 44.5 Å². The van der Waals surface area contributed by atoms with Crippen LogP contribution in [0.15, 0.2) is 29.3 Å². The van der Waals surface area contributed by atoms with Crippen molar-refractivity contribution in [3.8, 4) is 29.9 Å². The van der Waals surface area contributed by atoms with Gasteiger partial charge in [-0.05, 0) is 36.8 Å². The Morgan fingerprint density at radius 3 is 2.35 bits per heavy atom. The minimum Gasteiger partial charge on any atom is -0.507 e. The molecule has 0 radical (unpaired) electrons. The number of amides is 2. The molecule has 31 heavy (non-hydrogen) atoms.